The molecule has 5 rings (SSSR count). The van der Waals surface area contributed by atoms with Crippen molar-refractivity contribution < 1.29 is 39.3 Å². The third-order valence-corrected chi connectivity index (χ3v) is 9.40. The van der Waals surface area contributed by atoms with Crippen LogP contribution in [0.3, 0.4) is 0 Å². The second-order valence-electron chi connectivity index (χ2n) is 13.3. The third kappa shape index (κ3) is 7.65. The van der Waals surface area contributed by atoms with E-state index in [4.69, 9.17) is 5.73 Å². The average Bonchev–Trinajstić information content (AvgIpc) is 3.74. The van der Waals surface area contributed by atoms with Gasteiger partial charge in [0.25, 0.3) is 5.91 Å². The molecule has 3 aromatic rings. The molecular formula is C33H42N8O8. The highest BCUT2D eigenvalue weighted by atomic mass is 16.4. The summed E-state index contributed by atoms with van der Waals surface area (Å²) >= 11 is 0. The summed E-state index contributed by atoms with van der Waals surface area (Å²) in [6.07, 6.45) is 0.912. The minimum Gasteiger partial charge on any atom is -0.465 e. The molecule has 262 valence electrons. The number of carbonyl (C=O) groups is 5. The number of aliphatic hydroxyl groups excluding tert-OH is 1. The molecule has 2 fully saturated rings. The molecule has 16 heteroatoms. The van der Waals surface area contributed by atoms with Gasteiger partial charge in [-0.15, -0.1) is 5.10 Å². The van der Waals surface area contributed by atoms with Gasteiger partial charge in [0.2, 0.25) is 17.7 Å². The van der Waals surface area contributed by atoms with Gasteiger partial charge >= 0.3 is 6.09 Å². The molecule has 16 nitrogen and oxygen atoms in total. The van der Waals surface area contributed by atoms with E-state index in [0.29, 0.717) is 18.5 Å². The van der Waals surface area contributed by atoms with E-state index in [9.17, 15) is 39.3 Å². The zero-order valence-corrected chi connectivity index (χ0v) is 27.3. The Bertz CT molecular complexity index is 1730. The molecule has 1 saturated carbocycles. The van der Waals surface area contributed by atoms with Gasteiger partial charge in [0.1, 0.15) is 17.7 Å². The van der Waals surface area contributed by atoms with Crippen LogP contribution in [-0.2, 0) is 20.0 Å². The molecule has 8 N–H and O–H groups in total. The SMILES string of the molecule is CC(C)(O)c1cnnn1[C@H]1C[C@@H](C(=O)NC2(C(O)C(N)=O)CCCCC2)N(C(=O)C(CNC(=O)O)NC(=O)c2ccc3ccccc3c2)C1. The second-order valence-corrected chi connectivity index (χ2v) is 13.3. The maximum Gasteiger partial charge on any atom is 0.404 e. The van der Waals surface area contributed by atoms with Gasteiger partial charge in [0.15, 0.2) is 6.10 Å². The Balaban J connectivity index is 1.47. The van der Waals surface area contributed by atoms with Gasteiger partial charge in [-0.2, -0.15) is 0 Å². The molecule has 49 heavy (non-hydrogen) atoms. The maximum absolute atomic E-state index is 14.3. The van der Waals surface area contributed by atoms with Crippen molar-refractivity contribution in [3.05, 3.63) is 59.9 Å². The first kappa shape index (κ1) is 35.2. The van der Waals surface area contributed by atoms with Crippen molar-refractivity contribution in [1.29, 1.82) is 0 Å². The Morgan fingerprint density at radius 2 is 1.76 bits per heavy atom. The summed E-state index contributed by atoms with van der Waals surface area (Å²) in [4.78, 5) is 66.9. The number of primary amides is 1. The van der Waals surface area contributed by atoms with Crippen molar-refractivity contribution in [1.82, 2.24) is 35.8 Å². The highest BCUT2D eigenvalue weighted by Crippen LogP contribution is 2.35. The molecule has 1 aliphatic carbocycles. The van der Waals surface area contributed by atoms with E-state index >= 15 is 0 Å². The van der Waals surface area contributed by atoms with Gasteiger partial charge in [0, 0.05) is 18.5 Å². The van der Waals surface area contributed by atoms with Crippen molar-refractivity contribution in [3.8, 4) is 0 Å². The van der Waals surface area contributed by atoms with Crippen molar-refractivity contribution in [3.63, 3.8) is 0 Å². The Kier molecular flexibility index (Phi) is 10.2. The van der Waals surface area contributed by atoms with Crippen LogP contribution >= 0.6 is 0 Å². The van der Waals surface area contributed by atoms with Crippen molar-refractivity contribution in [2.75, 3.05) is 13.1 Å². The number of amides is 5. The van der Waals surface area contributed by atoms with Gasteiger partial charge in [-0.1, -0.05) is 54.8 Å². The number of aromatic nitrogens is 3. The smallest absolute Gasteiger partial charge is 0.404 e. The fourth-order valence-corrected chi connectivity index (χ4v) is 6.85. The molecule has 4 atom stereocenters. The Labute approximate surface area is 282 Å². The van der Waals surface area contributed by atoms with Crippen molar-refractivity contribution >= 4 is 40.5 Å². The van der Waals surface area contributed by atoms with Crippen LogP contribution in [0.2, 0.25) is 0 Å². The van der Waals surface area contributed by atoms with E-state index in [2.05, 4.69) is 26.3 Å². The van der Waals surface area contributed by atoms with E-state index in [1.54, 1.807) is 18.2 Å². The predicted molar refractivity (Wildman–Crippen MR) is 175 cm³/mol. The number of fused-ring (bicyclic) bond motifs is 1. The first-order valence-electron chi connectivity index (χ1n) is 16.2. The summed E-state index contributed by atoms with van der Waals surface area (Å²) in [5, 5.41) is 48.4. The van der Waals surface area contributed by atoms with Gasteiger partial charge in [-0.05, 0) is 49.6 Å². The number of hydrogen-bond acceptors (Lipinski definition) is 9. The summed E-state index contributed by atoms with van der Waals surface area (Å²) < 4.78 is 1.43. The monoisotopic (exact) mass is 678 g/mol. The number of rotatable bonds is 11. The van der Waals surface area contributed by atoms with Crippen molar-refractivity contribution in [2.45, 2.75) is 87.7 Å². The molecule has 5 amide bonds. The molecule has 0 spiro atoms. The van der Waals surface area contributed by atoms with Crippen LogP contribution in [-0.4, -0.2) is 102 Å². The van der Waals surface area contributed by atoms with Gasteiger partial charge in [0.05, 0.1) is 30.0 Å². The Morgan fingerprint density at radius 3 is 2.41 bits per heavy atom. The van der Waals surface area contributed by atoms with E-state index in [1.807, 2.05) is 24.3 Å². The number of aliphatic hydroxyl groups is 2. The predicted octanol–water partition coefficient (Wildman–Crippen LogP) is 0.532. The minimum atomic E-state index is -1.68. The summed E-state index contributed by atoms with van der Waals surface area (Å²) in [5.41, 5.74) is 3.31. The topological polar surface area (TPSA) is 242 Å². The quantitative estimate of drug-likeness (QED) is 0.148. The van der Waals surface area contributed by atoms with E-state index in [1.165, 1.54) is 29.6 Å². The number of benzene rings is 2. The first-order valence-corrected chi connectivity index (χ1v) is 16.2. The zero-order chi connectivity index (χ0) is 35.5. The number of nitrogens with zero attached hydrogens (tertiary/aromatic N) is 4. The molecule has 2 aliphatic rings. The fraction of sp³-hybridized carbons (Fsp3) is 0.485. The number of nitrogens with one attached hydrogen (secondary N) is 3. The molecule has 1 aliphatic heterocycles. The van der Waals surface area contributed by atoms with Crippen LogP contribution < -0.4 is 21.7 Å². The third-order valence-electron chi connectivity index (χ3n) is 9.40. The number of carboxylic acid groups (broad SMARTS) is 1. The van der Waals surface area contributed by atoms with Crippen LogP contribution in [0.1, 0.15) is 74.5 Å². The number of likely N-dealkylation sites (tertiary alicyclic amines) is 1. The molecule has 2 heterocycles. The number of nitrogens with two attached hydrogens (primary N) is 1. The standard InChI is InChI=1S/C33H42N8O8/c1-32(2,49)25-17-36-39-41(25)22-15-24(29(45)38-33(26(42)27(34)43)12-6-3-7-13-33)40(18-22)30(46)23(16-35-31(47)48)37-28(44)21-11-10-19-8-4-5-9-20(19)14-21/h4-5,8-11,14,17,22-24,26,35,42,49H,3,6-7,12-13,15-16,18H2,1-2H3,(H2,34,43)(H,37,44)(H,38,45)(H,47,48)/t22-,23?,24-,26?/m0/s1. The summed E-state index contributed by atoms with van der Waals surface area (Å²) in [7, 11) is 0. The van der Waals surface area contributed by atoms with E-state index in [-0.39, 0.29) is 31.4 Å². The summed E-state index contributed by atoms with van der Waals surface area (Å²) in [6, 6.07) is 9.06. The molecular weight excluding hydrogens is 636 g/mol. The van der Waals surface area contributed by atoms with Crippen LogP contribution in [0.5, 0.6) is 0 Å². The van der Waals surface area contributed by atoms with E-state index in [0.717, 1.165) is 17.2 Å². The number of carbonyl (C=O) groups excluding carboxylic acids is 4. The van der Waals surface area contributed by atoms with Crippen LogP contribution in [0.4, 0.5) is 4.79 Å². The molecule has 1 aromatic heterocycles. The van der Waals surface area contributed by atoms with Gasteiger partial charge in [-0.25, -0.2) is 9.48 Å². The zero-order valence-electron chi connectivity index (χ0n) is 27.3. The van der Waals surface area contributed by atoms with Crippen LogP contribution in [0.15, 0.2) is 48.7 Å². The lowest BCUT2D eigenvalue weighted by atomic mass is 9.77. The lowest BCUT2D eigenvalue weighted by Crippen LogP contribution is -2.64. The van der Waals surface area contributed by atoms with E-state index < -0.39 is 71.6 Å². The fourth-order valence-electron chi connectivity index (χ4n) is 6.85. The highest BCUT2D eigenvalue weighted by Gasteiger charge is 2.49. The van der Waals surface area contributed by atoms with Crippen LogP contribution in [0.25, 0.3) is 10.8 Å². The molecule has 0 radical (unpaired) electrons. The second kappa shape index (κ2) is 14.2. The Hall–Kier alpha value is -5.09. The summed E-state index contributed by atoms with van der Waals surface area (Å²) in [6.45, 7) is 2.45. The highest BCUT2D eigenvalue weighted by molar-refractivity contribution is 6.01. The Morgan fingerprint density at radius 1 is 1.06 bits per heavy atom. The maximum atomic E-state index is 14.3. The largest absolute Gasteiger partial charge is 0.465 e. The molecule has 2 unspecified atom stereocenters. The van der Waals surface area contributed by atoms with Crippen molar-refractivity contribution in [2.24, 2.45) is 5.73 Å². The summed E-state index contributed by atoms with van der Waals surface area (Å²) in [5.74, 6) is -3.06. The van der Waals surface area contributed by atoms with Gasteiger partial charge in [-0.3, -0.25) is 19.2 Å². The van der Waals surface area contributed by atoms with Crippen LogP contribution in [0, 0.1) is 0 Å². The normalized spacial score (nSPS) is 20.3. The minimum absolute atomic E-state index is 0.00946. The molecule has 2 aromatic carbocycles. The average molecular weight is 679 g/mol. The first-order chi connectivity index (χ1) is 23.2. The lowest BCUT2D eigenvalue weighted by Gasteiger charge is -2.41. The number of hydrogen-bond donors (Lipinski definition) is 7. The lowest BCUT2D eigenvalue weighted by molar-refractivity contribution is -0.143. The van der Waals surface area contributed by atoms with Gasteiger partial charge < -0.3 is 41.9 Å². The molecule has 1 saturated heterocycles. The molecule has 0 bridgehead atoms.